The molecule has 1 aliphatic rings. The Morgan fingerprint density at radius 2 is 1.80 bits per heavy atom. The Balaban J connectivity index is 1.48. The van der Waals surface area contributed by atoms with E-state index in [0.717, 1.165) is 24.3 Å². The van der Waals surface area contributed by atoms with Crippen molar-refractivity contribution in [3.05, 3.63) is 76.0 Å². The molecule has 3 aromatic rings. The predicted molar refractivity (Wildman–Crippen MR) is 113 cm³/mol. The summed E-state index contributed by atoms with van der Waals surface area (Å²) < 4.78 is 11.0. The van der Waals surface area contributed by atoms with Gasteiger partial charge in [-0.1, -0.05) is 6.07 Å². The third-order valence-corrected chi connectivity index (χ3v) is 4.95. The molecule has 0 saturated carbocycles. The average Bonchev–Trinajstić information content (AvgIpc) is 3.25. The van der Waals surface area contributed by atoms with Gasteiger partial charge in [0.1, 0.15) is 5.76 Å². The van der Waals surface area contributed by atoms with Gasteiger partial charge in [0.25, 0.3) is 11.6 Å². The summed E-state index contributed by atoms with van der Waals surface area (Å²) in [6.07, 6.45) is 0. The van der Waals surface area contributed by atoms with Crippen LogP contribution >= 0.6 is 0 Å². The minimum absolute atomic E-state index is 0.0602. The highest BCUT2D eigenvalue weighted by Crippen LogP contribution is 2.32. The van der Waals surface area contributed by atoms with Gasteiger partial charge in [-0.05, 0) is 55.0 Å². The molecule has 4 rings (SSSR count). The number of rotatable bonds is 5. The van der Waals surface area contributed by atoms with Crippen LogP contribution in [-0.2, 0) is 4.74 Å². The van der Waals surface area contributed by atoms with E-state index in [4.69, 9.17) is 9.15 Å². The maximum atomic E-state index is 12.6. The lowest BCUT2D eigenvalue weighted by Crippen LogP contribution is -2.36. The number of aryl methyl sites for hydroxylation is 1. The van der Waals surface area contributed by atoms with Crippen LogP contribution in [0.4, 0.5) is 17.1 Å². The number of nitrogens with zero attached hydrogens (tertiary/aromatic N) is 2. The molecule has 8 heteroatoms. The standard InChI is InChI=1S/C22H21N3O5/c1-15-2-7-18(19(14-15)25(27)28)20-8-9-21(30-20)22(26)23-16-3-5-17(6-4-16)24-10-12-29-13-11-24/h2-9,14H,10-13H2,1H3,(H,23,26). The van der Waals surface area contributed by atoms with E-state index >= 15 is 0 Å². The zero-order valence-electron chi connectivity index (χ0n) is 16.5. The second-order valence-electron chi connectivity index (χ2n) is 7.04. The van der Waals surface area contributed by atoms with E-state index in [1.54, 1.807) is 25.1 Å². The van der Waals surface area contributed by atoms with Crippen molar-refractivity contribution in [1.82, 2.24) is 0 Å². The maximum absolute atomic E-state index is 12.6. The summed E-state index contributed by atoms with van der Waals surface area (Å²) in [4.78, 5) is 25.7. The first-order chi connectivity index (χ1) is 14.5. The Morgan fingerprint density at radius 1 is 1.07 bits per heavy atom. The third-order valence-electron chi connectivity index (χ3n) is 4.95. The molecule has 1 fully saturated rings. The number of hydrogen-bond donors (Lipinski definition) is 1. The van der Waals surface area contributed by atoms with Gasteiger partial charge in [-0.3, -0.25) is 14.9 Å². The first-order valence-electron chi connectivity index (χ1n) is 9.60. The molecule has 8 nitrogen and oxygen atoms in total. The van der Waals surface area contributed by atoms with E-state index in [-0.39, 0.29) is 17.2 Å². The fourth-order valence-corrected chi connectivity index (χ4v) is 3.38. The van der Waals surface area contributed by atoms with Crippen molar-refractivity contribution in [2.45, 2.75) is 6.92 Å². The Hall–Kier alpha value is -3.65. The predicted octanol–water partition coefficient (Wildman–Crippen LogP) is 4.25. The molecule has 0 unspecified atom stereocenters. The van der Waals surface area contributed by atoms with E-state index in [1.807, 2.05) is 24.3 Å². The normalized spacial score (nSPS) is 13.8. The Labute approximate surface area is 173 Å². The number of nitrogens with one attached hydrogen (secondary N) is 1. The maximum Gasteiger partial charge on any atom is 0.291 e. The number of morpholine rings is 1. The van der Waals surface area contributed by atoms with Gasteiger partial charge in [0.05, 0.1) is 23.7 Å². The van der Waals surface area contributed by atoms with Gasteiger partial charge in [-0.15, -0.1) is 0 Å². The molecule has 0 bridgehead atoms. The lowest BCUT2D eigenvalue weighted by Gasteiger charge is -2.28. The zero-order valence-corrected chi connectivity index (χ0v) is 16.5. The topological polar surface area (TPSA) is 97.9 Å². The van der Waals surface area contributed by atoms with Crippen LogP contribution in [0.15, 0.2) is 59.0 Å². The first-order valence-corrected chi connectivity index (χ1v) is 9.60. The number of carbonyl (C=O) groups excluding carboxylic acids is 1. The van der Waals surface area contributed by atoms with E-state index in [0.29, 0.717) is 24.5 Å². The Kier molecular flexibility index (Phi) is 5.49. The molecule has 1 N–H and O–H groups in total. The van der Waals surface area contributed by atoms with Crippen molar-refractivity contribution < 1.29 is 18.9 Å². The number of carbonyl (C=O) groups is 1. The monoisotopic (exact) mass is 407 g/mol. The van der Waals surface area contributed by atoms with Gasteiger partial charge in [0, 0.05) is 30.5 Å². The minimum atomic E-state index is -0.458. The Bertz CT molecular complexity index is 1070. The highest BCUT2D eigenvalue weighted by molar-refractivity contribution is 6.02. The fourth-order valence-electron chi connectivity index (χ4n) is 3.38. The molecule has 1 aromatic heterocycles. The summed E-state index contributed by atoms with van der Waals surface area (Å²) in [5.74, 6) is -0.0678. The number of benzene rings is 2. The quantitative estimate of drug-likeness (QED) is 0.501. The summed E-state index contributed by atoms with van der Waals surface area (Å²) in [5, 5.41) is 14.1. The molecule has 1 aliphatic heterocycles. The molecule has 0 aliphatic carbocycles. The summed E-state index contributed by atoms with van der Waals surface area (Å²) in [6.45, 7) is 4.87. The van der Waals surface area contributed by atoms with Crippen molar-refractivity contribution in [3.8, 4) is 11.3 Å². The van der Waals surface area contributed by atoms with Gasteiger partial charge in [0.15, 0.2) is 5.76 Å². The van der Waals surface area contributed by atoms with Gasteiger partial charge < -0.3 is 19.4 Å². The van der Waals surface area contributed by atoms with Crippen LogP contribution in [0.25, 0.3) is 11.3 Å². The molecule has 30 heavy (non-hydrogen) atoms. The number of nitro benzene ring substituents is 1. The van der Waals surface area contributed by atoms with Crippen LogP contribution in [0, 0.1) is 17.0 Å². The number of amides is 1. The third kappa shape index (κ3) is 4.18. The molecule has 1 saturated heterocycles. The van der Waals surface area contributed by atoms with Crippen LogP contribution in [0.2, 0.25) is 0 Å². The molecule has 2 heterocycles. The largest absolute Gasteiger partial charge is 0.451 e. The van der Waals surface area contributed by atoms with E-state index in [2.05, 4.69) is 10.2 Å². The second kappa shape index (κ2) is 8.38. The molecular formula is C22H21N3O5. The summed E-state index contributed by atoms with van der Waals surface area (Å²) >= 11 is 0. The number of ether oxygens (including phenoxy) is 1. The number of furan rings is 1. The molecular weight excluding hydrogens is 386 g/mol. The number of nitro groups is 1. The van der Waals surface area contributed by atoms with E-state index in [1.165, 1.54) is 12.1 Å². The van der Waals surface area contributed by atoms with Gasteiger partial charge >= 0.3 is 0 Å². The van der Waals surface area contributed by atoms with Crippen LogP contribution in [0.5, 0.6) is 0 Å². The smallest absolute Gasteiger partial charge is 0.291 e. The van der Waals surface area contributed by atoms with Crippen molar-refractivity contribution in [2.75, 3.05) is 36.5 Å². The van der Waals surface area contributed by atoms with Crippen LogP contribution < -0.4 is 10.2 Å². The first kappa shape index (κ1) is 19.7. The van der Waals surface area contributed by atoms with Crippen molar-refractivity contribution in [1.29, 1.82) is 0 Å². The SMILES string of the molecule is Cc1ccc(-c2ccc(C(=O)Nc3ccc(N4CCOCC4)cc3)o2)c([N+](=O)[O-])c1. The van der Waals surface area contributed by atoms with Crippen LogP contribution in [0.1, 0.15) is 16.1 Å². The average molecular weight is 407 g/mol. The van der Waals surface area contributed by atoms with Gasteiger partial charge in [0.2, 0.25) is 0 Å². The molecule has 0 radical (unpaired) electrons. The van der Waals surface area contributed by atoms with Crippen molar-refractivity contribution in [3.63, 3.8) is 0 Å². The van der Waals surface area contributed by atoms with E-state index < -0.39 is 10.8 Å². The van der Waals surface area contributed by atoms with Crippen molar-refractivity contribution in [2.24, 2.45) is 0 Å². The minimum Gasteiger partial charge on any atom is -0.451 e. The lowest BCUT2D eigenvalue weighted by atomic mass is 10.1. The highest BCUT2D eigenvalue weighted by Gasteiger charge is 2.20. The lowest BCUT2D eigenvalue weighted by molar-refractivity contribution is -0.384. The summed E-state index contributed by atoms with van der Waals surface area (Å²) in [5.41, 5.74) is 2.75. The van der Waals surface area contributed by atoms with Gasteiger partial charge in [-0.25, -0.2) is 0 Å². The Morgan fingerprint density at radius 3 is 2.50 bits per heavy atom. The molecule has 154 valence electrons. The number of anilines is 2. The highest BCUT2D eigenvalue weighted by atomic mass is 16.6. The number of hydrogen-bond acceptors (Lipinski definition) is 6. The zero-order chi connectivity index (χ0) is 21.1. The van der Waals surface area contributed by atoms with Crippen LogP contribution in [0.3, 0.4) is 0 Å². The van der Waals surface area contributed by atoms with Crippen LogP contribution in [-0.4, -0.2) is 37.1 Å². The second-order valence-corrected chi connectivity index (χ2v) is 7.04. The van der Waals surface area contributed by atoms with Crippen molar-refractivity contribution >= 4 is 23.0 Å². The molecule has 0 atom stereocenters. The molecule has 1 amide bonds. The summed E-state index contributed by atoms with van der Waals surface area (Å²) in [7, 11) is 0. The van der Waals surface area contributed by atoms with Gasteiger partial charge in [-0.2, -0.15) is 0 Å². The molecule has 2 aromatic carbocycles. The summed E-state index contributed by atoms with van der Waals surface area (Å²) in [6, 6.07) is 15.5. The van der Waals surface area contributed by atoms with E-state index in [9.17, 15) is 14.9 Å². The molecule has 0 spiro atoms. The fraction of sp³-hybridized carbons (Fsp3) is 0.227.